The van der Waals surface area contributed by atoms with Gasteiger partial charge in [0.2, 0.25) is 0 Å². The van der Waals surface area contributed by atoms with Crippen LogP contribution in [0.1, 0.15) is 33.4 Å². The van der Waals surface area contributed by atoms with Gasteiger partial charge in [0.05, 0.1) is 31.4 Å². The van der Waals surface area contributed by atoms with Crippen LogP contribution in [-0.2, 0) is 38.1 Å². The predicted molar refractivity (Wildman–Crippen MR) is 145 cm³/mol. The fourth-order valence-electron chi connectivity index (χ4n) is 5.35. The lowest BCUT2D eigenvalue weighted by molar-refractivity contribution is -0.187. The Kier molecular flexibility index (Phi) is 7.93. The second kappa shape index (κ2) is 11.4. The third-order valence-corrected chi connectivity index (χ3v) is 7.21. The summed E-state index contributed by atoms with van der Waals surface area (Å²) in [5.41, 5.74) is 4.24. The minimum atomic E-state index is -1.60. The van der Waals surface area contributed by atoms with Gasteiger partial charge in [-0.25, -0.2) is 4.99 Å². The van der Waals surface area contributed by atoms with E-state index in [0.29, 0.717) is 49.4 Å². The summed E-state index contributed by atoms with van der Waals surface area (Å²) in [5, 5.41) is 3.76. The third-order valence-electron chi connectivity index (χ3n) is 7.21. The lowest BCUT2D eigenvalue weighted by Crippen LogP contribution is -2.50. The number of carbonyl (C=O) groups excluding carboxylic acids is 3. The maximum atomic E-state index is 13.3. The molecule has 3 aliphatic heterocycles. The Morgan fingerprint density at radius 3 is 2.68 bits per heavy atom. The smallest absolute Gasteiger partial charge is 0.307 e. The largest absolute Gasteiger partial charge is 0.463 e. The molecule has 4 unspecified atom stereocenters. The number of morpholine rings is 1. The van der Waals surface area contributed by atoms with Gasteiger partial charge in [-0.15, -0.1) is 0 Å². The number of aromatic nitrogens is 2. The van der Waals surface area contributed by atoms with Crippen molar-refractivity contribution >= 4 is 52.3 Å². The predicted octanol–water partition coefficient (Wildman–Crippen LogP) is 0.480. The number of anilines is 2. The van der Waals surface area contributed by atoms with Gasteiger partial charge in [0.1, 0.15) is 24.3 Å². The standard InChI is InChI=1S/C26H32N6O9/c1-14(33)38-12-18-22(39-15(2)34)26(3,41-20(36)4-5-31-6-8-37-9-7-31)25(40-18)32-11-16-17(27)10-19(35)30-23-21(16)24(32)29-13-28-23/h10-11,13,18,22,25H,4-9,12,27H2,1-3H3,(H,28,29,30,35). The van der Waals surface area contributed by atoms with Crippen molar-refractivity contribution in [3.05, 3.63) is 22.6 Å². The van der Waals surface area contributed by atoms with E-state index in [9.17, 15) is 19.2 Å². The Bertz CT molecular complexity index is 1450. The van der Waals surface area contributed by atoms with E-state index >= 15 is 0 Å². The molecule has 5 rings (SSSR count). The topological polar surface area (TPSA) is 186 Å². The van der Waals surface area contributed by atoms with E-state index in [-0.39, 0.29) is 24.5 Å². The zero-order chi connectivity index (χ0) is 29.3. The molecule has 3 aliphatic rings. The molecule has 4 atom stereocenters. The van der Waals surface area contributed by atoms with Crippen molar-refractivity contribution in [1.82, 2.24) is 14.5 Å². The molecule has 15 heteroatoms. The Hall–Kier alpha value is -4.08. The minimum Gasteiger partial charge on any atom is -0.463 e. The normalized spacial score (nSPS) is 25.5. The second-order valence-corrected chi connectivity index (χ2v) is 10.2. The average Bonchev–Trinajstić information content (AvgIpc) is 3.38. The summed E-state index contributed by atoms with van der Waals surface area (Å²) in [6.45, 7) is 6.79. The molecule has 220 valence electrons. The SMILES string of the molecule is CC(=O)OCC1OC(n2cc3c(N)cc(=O)nc4c3c2N=CN4)C(C)(OC(=O)CCN2CCOCC2)C1OC(C)=O. The van der Waals surface area contributed by atoms with Crippen LogP contribution in [-0.4, -0.2) is 96.0 Å². The summed E-state index contributed by atoms with van der Waals surface area (Å²) in [5.74, 6) is -1.20. The van der Waals surface area contributed by atoms with E-state index in [1.165, 1.54) is 26.3 Å². The number of nitrogens with zero attached hydrogens (tertiary/aromatic N) is 4. The van der Waals surface area contributed by atoms with Gasteiger partial charge < -0.3 is 39.3 Å². The Morgan fingerprint density at radius 2 is 1.98 bits per heavy atom. The van der Waals surface area contributed by atoms with Crippen LogP contribution in [0, 0.1) is 0 Å². The van der Waals surface area contributed by atoms with Crippen molar-refractivity contribution in [1.29, 1.82) is 0 Å². The molecule has 5 heterocycles. The van der Waals surface area contributed by atoms with Gasteiger partial charge in [-0.3, -0.25) is 24.1 Å². The zero-order valence-corrected chi connectivity index (χ0v) is 23.0. The van der Waals surface area contributed by atoms with Crippen LogP contribution in [0.5, 0.6) is 0 Å². The van der Waals surface area contributed by atoms with E-state index in [0.717, 1.165) is 0 Å². The molecule has 3 N–H and O–H groups in total. The van der Waals surface area contributed by atoms with Crippen molar-refractivity contribution in [2.24, 2.45) is 4.99 Å². The molecule has 41 heavy (non-hydrogen) atoms. The first kappa shape index (κ1) is 28.4. The summed E-state index contributed by atoms with van der Waals surface area (Å²) >= 11 is 0. The average molecular weight is 573 g/mol. The van der Waals surface area contributed by atoms with Crippen molar-refractivity contribution in [2.45, 2.75) is 51.2 Å². The highest BCUT2D eigenvalue weighted by molar-refractivity contribution is 6.10. The number of nitrogens with two attached hydrogens (primary N) is 1. The summed E-state index contributed by atoms with van der Waals surface area (Å²) in [6.07, 6.45) is -0.223. The van der Waals surface area contributed by atoms with E-state index in [1.54, 1.807) is 17.7 Å². The zero-order valence-electron chi connectivity index (χ0n) is 23.0. The van der Waals surface area contributed by atoms with Gasteiger partial charge in [0.25, 0.3) is 5.56 Å². The van der Waals surface area contributed by atoms with Crippen LogP contribution >= 0.6 is 0 Å². The maximum Gasteiger partial charge on any atom is 0.307 e. The highest BCUT2D eigenvalue weighted by Gasteiger charge is 2.60. The monoisotopic (exact) mass is 572 g/mol. The summed E-state index contributed by atoms with van der Waals surface area (Å²) in [6, 6.07) is 1.19. The Labute approximate surface area is 234 Å². The lowest BCUT2D eigenvalue weighted by atomic mass is 9.95. The molecule has 0 saturated carbocycles. The number of hydrogen-bond donors (Lipinski definition) is 2. The van der Waals surface area contributed by atoms with Crippen molar-refractivity contribution < 1.29 is 38.1 Å². The van der Waals surface area contributed by atoms with Crippen molar-refractivity contribution in [3.8, 4) is 0 Å². The van der Waals surface area contributed by atoms with Crippen LogP contribution in [0.4, 0.5) is 17.3 Å². The highest BCUT2D eigenvalue weighted by Crippen LogP contribution is 2.48. The molecule has 0 bridgehead atoms. The van der Waals surface area contributed by atoms with Crippen LogP contribution in [0.15, 0.2) is 22.1 Å². The molecule has 2 aromatic rings. The van der Waals surface area contributed by atoms with Gasteiger partial charge in [-0.05, 0) is 6.92 Å². The van der Waals surface area contributed by atoms with E-state index in [1.807, 2.05) is 0 Å². The van der Waals surface area contributed by atoms with Crippen LogP contribution in [0.25, 0.3) is 10.8 Å². The lowest BCUT2D eigenvalue weighted by Gasteiger charge is -2.35. The minimum absolute atomic E-state index is 0.0649. The van der Waals surface area contributed by atoms with Gasteiger partial charge in [0.15, 0.2) is 17.9 Å². The van der Waals surface area contributed by atoms with E-state index in [2.05, 4.69) is 20.2 Å². The van der Waals surface area contributed by atoms with Crippen molar-refractivity contribution in [3.63, 3.8) is 0 Å². The molecule has 15 nitrogen and oxygen atoms in total. The first-order valence-electron chi connectivity index (χ1n) is 13.2. The first-order chi connectivity index (χ1) is 19.6. The number of carbonyl (C=O) groups is 3. The number of aliphatic imine (C=N–C) groups is 1. The quantitative estimate of drug-likeness (QED) is 0.329. The Morgan fingerprint density at radius 1 is 1.22 bits per heavy atom. The molecule has 2 saturated heterocycles. The van der Waals surface area contributed by atoms with Crippen molar-refractivity contribution in [2.75, 3.05) is 50.5 Å². The van der Waals surface area contributed by atoms with Gasteiger partial charge >= 0.3 is 17.9 Å². The van der Waals surface area contributed by atoms with Crippen LogP contribution < -0.4 is 16.6 Å². The third kappa shape index (κ3) is 5.73. The number of hydrogen-bond acceptors (Lipinski definition) is 14. The molecule has 0 spiro atoms. The number of ether oxygens (including phenoxy) is 5. The molecule has 0 aromatic carbocycles. The van der Waals surface area contributed by atoms with Gasteiger partial charge in [-0.1, -0.05) is 0 Å². The first-order valence-corrected chi connectivity index (χ1v) is 13.2. The summed E-state index contributed by atoms with van der Waals surface area (Å²) in [7, 11) is 0. The van der Waals surface area contributed by atoms with Gasteiger partial charge in [0, 0.05) is 56.8 Å². The van der Waals surface area contributed by atoms with Crippen LogP contribution in [0.3, 0.4) is 0 Å². The molecule has 2 fully saturated rings. The fourth-order valence-corrected chi connectivity index (χ4v) is 5.35. The molecule has 2 aromatic heterocycles. The Balaban J connectivity index is 1.56. The number of esters is 3. The molecule has 0 radical (unpaired) electrons. The fraction of sp³-hybridized carbons (Fsp3) is 0.538. The molecular weight excluding hydrogens is 540 g/mol. The van der Waals surface area contributed by atoms with E-state index in [4.69, 9.17) is 29.4 Å². The summed E-state index contributed by atoms with van der Waals surface area (Å²) < 4.78 is 30.3. The highest BCUT2D eigenvalue weighted by atomic mass is 16.7. The maximum absolute atomic E-state index is 13.3. The van der Waals surface area contributed by atoms with Gasteiger partial charge in [-0.2, -0.15) is 4.98 Å². The van der Waals surface area contributed by atoms with Crippen LogP contribution in [0.2, 0.25) is 0 Å². The molecule has 0 amide bonds. The molecular formula is C26H32N6O9. The van der Waals surface area contributed by atoms with E-state index < -0.39 is 47.5 Å². The number of rotatable bonds is 8. The summed E-state index contributed by atoms with van der Waals surface area (Å²) in [4.78, 5) is 59.9. The number of nitrogen functional groups attached to an aromatic ring is 1. The number of nitrogens with one attached hydrogen (secondary N) is 1. The second-order valence-electron chi connectivity index (χ2n) is 10.2. The molecule has 0 aliphatic carbocycles.